The maximum Gasteiger partial charge on any atom is 1.00 e. The van der Waals surface area contributed by atoms with Gasteiger partial charge in [-0.25, -0.2) is 0 Å². The number of carboxylic acid groups (broad SMARTS) is 2. The van der Waals surface area contributed by atoms with E-state index in [-0.39, 0.29) is 103 Å². The van der Waals surface area contributed by atoms with Crippen LogP contribution in [0.15, 0.2) is 0 Å². The molecule has 2 unspecified atom stereocenters. The van der Waals surface area contributed by atoms with Gasteiger partial charge >= 0.3 is 127 Å². The summed E-state index contributed by atoms with van der Waals surface area (Å²) in [5.74, 6) is -20.7. The molecule has 0 bridgehead atoms. The summed E-state index contributed by atoms with van der Waals surface area (Å²) in [5, 5.41) is 19.6. The Morgan fingerprint density at radius 1 is 0.667 bits per heavy atom. The Morgan fingerprint density at radius 3 is 0.952 bits per heavy atom. The molecule has 0 heterocycles. The van der Waals surface area contributed by atoms with E-state index in [2.05, 4.69) is 0 Å². The molecule has 15 heteroatoms. The van der Waals surface area contributed by atoms with Crippen LogP contribution in [0.25, 0.3) is 0 Å². The molecule has 0 amide bonds. The first-order valence-electron chi connectivity index (χ1n) is 3.74. The number of hydrogen-bond acceptors (Lipinski definition) is 5. The van der Waals surface area contributed by atoms with Crippen LogP contribution in [-0.4, -0.2) is 36.0 Å². The molecule has 0 aliphatic carbocycles. The van der Waals surface area contributed by atoms with Gasteiger partial charge in [-0.05, 0) is 0 Å². The monoisotopic (exact) mass is 382 g/mol. The summed E-state index contributed by atoms with van der Waals surface area (Å²) in [7, 11) is 0. The average Bonchev–Trinajstić information content (AvgIpc) is 2.12. The summed E-state index contributed by atoms with van der Waals surface area (Å²) >= 11 is 0. The van der Waals surface area contributed by atoms with Gasteiger partial charge in [0.05, 0.1) is 0 Å². The van der Waals surface area contributed by atoms with Crippen LogP contribution in [0.1, 0.15) is 0 Å². The van der Waals surface area contributed by atoms with E-state index in [0.29, 0.717) is 0 Å². The molecule has 0 aromatic heterocycles. The number of carboxylic acids is 2. The van der Waals surface area contributed by atoms with Crippen molar-refractivity contribution in [2.24, 2.45) is 0 Å². The molecule has 0 rings (SSSR count). The van der Waals surface area contributed by atoms with Gasteiger partial charge in [0.15, 0.2) is 0 Å². The van der Waals surface area contributed by atoms with Crippen molar-refractivity contribution in [3.63, 3.8) is 0 Å². The Hall–Kier alpha value is 1.61. The molecule has 112 valence electrons. The third-order valence-electron chi connectivity index (χ3n) is 1.54. The number of hydrogen-bond donors (Lipinski definition) is 0. The van der Waals surface area contributed by atoms with Gasteiger partial charge in [0, 0.05) is 0 Å². The van der Waals surface area contributed by atoms with Crippen LogP contribution in [0.5, 0.6) is 0 Å². The van der Waals surface area contributed by atoms with Gasteiger partial charge in [-0.3, -0.25) is 4.74 Å². The van der Waals surface area contributed by atoms with E-state index < -0.39 is 36.0 Å². The van der Waals surface area contributed by atoms with Gasteiger partial charge in [-0.2, -0.15) is 35.1 Å². The van der Waals surface area contributed by atoms with E-state index in [1.165, 1.54) is 0 Å². The van der Waals surface area contributed by atoms with E-state index >= 15 is 0 Å². The third-order valence-corrected chi connectivity index (χ3v) is 1.54. The van der Waals surface area contributed by atoms with E-state index in [1.807, 2.05) is 4.74 Å². The molecule has 0 spiro atoms. The Labute approximate surface area is 195 Å². The molecular formula is C6F8K2O5. The summed E-state index contributed by atoms with van der Waals surface area (Å²) in [6.45, 7) is 0. The molecule has 0 aromatic rings. The predicted octanol–water partition coefficient (Wildman–Crippen LogP) is -7.03. The van der Waals surface area contributed by atoms with Crippen LogP contribution >= 0.6 is 0 Å². The van der Waals surface area contributed by atoms with Crippen LogP contribution < -0.4 is 113 Å². The van der Waals surface area contributed by atoms with E-state index in [0.717, 1.165) is 0 Å². The Balaban J connectivity index is -0.00000162. The second-order valence-corrected chi connectivity index (χ2v) is 2.86. The van der Waals surface area contributed by atoms with Crippen LogP contribution in [0.3, 0.4) is 0 Å². The number of rotatable bonds is 4. The Bertz CT molecular complexity index is 362. The van der Waals surface area contributed by atoms with Crippen molar-refractivity contribution >= 4 is 11.9 Å². The summed E-state index contributed by atoms with van der Waals surface area (Å²) in [6.07, 6.45) is -13.5. The zero-order valence-electron chi connectivity index (χ0n) is 10.1. The maximum atomic E-state index is 12.8. The summed E-state index contributed by atoms with van der Waals surface area (Å²) in [6, 6.07) is 0. The fourth-order valence-electron chi connectivity index (χ4n) is 0.624. The molecule has 2 atom stereocenters. The van der Waals surface area contributed by atoms with Gasteiger partial charge < -0.3 is 19.8 Å². The van der Waals surface area contributed by atoms with Crippen LogP contribution in [-0.2, 0) is 14.3 Å². The second-order valence-electron chi connectivity index (χ2n) is 2.86. The minimum absolute atomic E-state index is 0. The van der Waals surface area contributed by atoms with Gasteiger partial charge in [0.25, 0.3) is 0 Å². The van der Waals surface area contributed by atoms with Gasteiger partial charge in [-0.1, -0.05) is 0 Å². The molecule has 0 aromatic carbocycles. The van der Waals surface area contributed by atoms with E-state index in [9.17, 15) is 54.9 Å². The van der Waals surface area contributed by atoms with Crippen LogP contribution in [0, 0.1) is 0 Å². The number of carbonyl (C=O) groups excluding carboxylic acids is 2. The first-order valence-corrected chi connectivity index (χ1v) is 3.74. The largest absolute Gasteiger partial charge is 1.00 e. The minimum Gasteiger partial charge on any atom is -0.544 e. The Morgan fingerprint density at radius 2 is 0.857 bits per heavy atom. The third kappa shape index (κ3) is 5.88. The zero-order chi connectivity index (χ0) is 15.9. The van der Waals surface area contributed by atoms with Crippen molar-refractivity contribution in [1.82, 2.24) is 0 Å². The van der Waals surface area contributed by atoms with Crippen LogP contribution in [0.4, 0.5) is 35.1 Å². The number of carbonyl (C=O) groups is 2. The smallest absolute Gasteiger partial charge is 0.544 e. The maximum absolute atomic E-state index is 12.8. The van der Waals surface area contributed by atoms with Crippen LogP contribution in [0.2, 0.25) is 0 Å². The fraction of sp³-hybridized carbons (Fsp3) is 0.667. The van der Waals surface area contributed by atoms with Crippen molar-refractivity contribution in [1.29, 1.82) is 0 Å². The molecular weight excluding hydrogens is 382 g/mol. The zero-order valence-corrected chi connectivity index (χ0v) is 16.3. The van der Waals surface area contributed by atoms with Gasteiger partial charge in [-0.15, -0.1) is 0 Å². The van der Waals surface area contributed by atoms with Crippen molar-refractivity contribution in [3.05, 3.63) is 0 Å². The normalized spacial score (nSPS) is 17.5. The second kappa shape index (κ2) is 8.63. The molecule has 0 aliphatic heterocycles. The number of ether oxygens (including phenoxy) is 1. The molecule has 0 N–H and O–H groups in total. The van der Waals surface area contributed by atoms with Crippen molar-refractivity contribution in [2.75, 3.05) is 0 Å². The topological polar surface area (TPSA) is 89.5 Å². The van der Waals surface area contributed by atoms with Crippen molar-refractivity contribution < 1.29 is 162 Å². The number of aliphatic carboxylic acids is 2. The number of alkyl halides is 8. The van der Waals surface area contributed by atoms with E-state index in [4.69, 9.17) is 0 Å². The van der Waals surface area contributed by atoms with E-state index in [1.54, 1.807) is 0 Å². The Kier molecular flexibility index (Phi) is 11.3. The van der Waals surface area contributed by atoms with Crippen molar-refractivity contribution in [3.8, 4) is 0 Å². The predicted molar refractivity (Wildman–Crippen MR) is 30.9 cm³/mol. The summed E-state index contributed by atoms with van der Waals surface area (Å²) < 4.78 is 98.7. The quantitative estimate of drug-likeness (QED) is 0.356. The summed E-state index contributed by atoms with van der Waals surface area (Å²) in [4.78, 5) is 19.6. The average molecular weight is 382 g/mol. The fourth-order valence-corrected chi connectivity index (χ4v) is 0.624. The molecule has 0 saturated heterocycles. The standard InChI is InChI=1S/C6H2F8O5.2K/c7-3(1(15)16,5(9,10)11)19-4(8,2(17)18)6(12,13)14;;/h(H,15,16)(H,17,18);;/q;2*+1/p-2. The molecule has 0 fully saturated rings. The molecule has 0 radical (unpaired) electrons. The van der Waals surface area contributed by atoms with Gasteiger partial charge in [0.2, 0.25) is 0 Å². The molecule has 0 saturated carbocycles. The van der Waals surface area contributed by atoms with Gasteiger partial charge in [0.1, 0.15) is 11.9 Å². The molecule has 0 aliphatic rings. The minimum atomic E-state index is -6.75. The first-order chi connectivity index (χ1) is 8.09. The summed E-state index contributed by atoms with van der Waals surface area (Å²) in [5.41, 5.74) is 0. The molecule has 21 heavy (non-hydrogen) atoms. The molecule has 5 nitrogen and oxygen atoms in total. The van der Waals surface area contributed by atoms with Crippen molar-refractivity contribution in [2.45, 2.75) is 24.1 Å². The SMILES string of the molecule is O=C([O-])C(F)(OC(F)(C(=O)[O-])C(F)(F)F)C(F)(F)F.[K+].[K+]. The number of halogens is 8. The first kappa shape index (κ1) is 27.5.